The fourth-order valence-electron chi connectivity index (χ4n) is 1.97. The number of allylic oxidation sites excluding steroid dienone is 4. The minimum atomic E-state index is 0.557. The van der Waals surface area contributed by atoms with Crippen molar-refractivity contribution in [1.82, 2.24) is 0 Å². The second-order valence-corrected chi connectivity index (χ2v) is 4.65. The lowest BCUT2D eigenvalue weighted by atomic mass is 9.91. The Balaban J connectivity index is 3.10. The lowest BCUT2D eigenvalue weighted by Crippen LogP contribution is -1.98. The van der Waals surface area contributed by atoms with E-state index in [4.69, 9.17) is 0 Å². The molecular formula is C17H22. The van der Waals surface area contributed by atoms with Gasteiger partial charge in [-0.15, -0.1) is 0 Å². The lowest BCUT2D eigenvalue weighted by molar-refractivity contribution is 0.848. The molecule has 0 aliphatic rings. The van der Waals surface area contributed by atoms with Crippen LogP contribution in [0.15, 0.2) is 60.7 Å². The van der Waals surface area contributed by atoms with E-state index in [2.05, 4.69) is 58.2 Å². The van der Waals surface area contributed by atoms with Crippen molar-refractivity contribution in [3.05, 3.63) is 71.8 Å². The van der Waals surface area contributed by atoms with E-state index in [1.165, 1.54) is 22.3 Å². The standard InChI is InChI=1S/C17H22/c1-6-14(5)15(7-2)12-16-10-8-9-11-17(16)13(3)4/h6-11,13H,1-2,12H2,3-5H3/b15-14+. The number of hydrogen-bond acceptors (Lipinski definition) is 0. The first-order valence-corrected chi connectivity index (χ1v) is 6.12. The molecule has 1 rings (SSSR count). The summed E-state index contributed by atoms with van der Waals surface area (Å²) >= 11 is 0. The van der Waals surface area contributed by atoms with Crippen molar-refractivity contribution < 1.29 is 0 Å². The first kappa shape index (κ1) is 13.5. The molecule has 0 fully saturated rings. The number of rotatable bonds is 5. The maximum absolute atomic E-state index is 3.90. The molecule has 0 unspecified atom stereocenters. The average Bonchev–Trinajstić information content (AvgIpc) is 2.35. The quantitative estimate of drug-likeness (QED) is 0.617. The monoisotopic (exact) mass is 226 g/mol. The van der Waals surface area contributed by atoms with Crippen LogP contribution in [0.5, 0.6) is 0 Å². The highest BCUT2D eigenvalue weighted by Gasteiger charge is 2.07. The molecule has 0 spiro atoms. The van der Waals surface area contributed by atoms with E-state index in [1.807, 2.05) is 12.2 Å². The molecule has 1 aromatic carbocycles. The molecule has 0 aromatic heterocycles. The summed E-state index contributed by atoms with van der Waals surface area (Å²) < 4.78 is 0. The van der Waals surface area contributed by atoms with E-state index < -0.39 is 0 Å². The zero-order valence-electron chi connectivity index (χ0n) is 11.2. The third-order valence-corrected chi connectivity index (χ3v) is 3.12. The Labute approximate surface area is 105 Å². The first-order valence-electron chi connectivity index (χ1n) is 6.12. The summed E-state index contributed by atoms with van der Waals surface area (Å²) in [6.45, 7) is 14.3. The Morgan fingerprint density at radius 2 is 1.82 bits per heavy atom. The van der Waals surface area contributed by atoms with Crippen molar-refractivity contribution in [3.63, 3.8) is 0 Å². The van der Waals surface area contributed by atoms with Crippen LogP contribution >= 0.6 is 0 Å². The van der Waals surface area contributed by atoms with Crippen LogP contribution < -0.4 is 0 Å². The molecular weight excluding hydrogens is 204 g/mol. The minimum absolute atomic E-state index is 0.557. The highest BCUT2D eigenvalue weighted by molar-refractivity contribution is 5.39. The second-order valence-electron chi connectivity index (χ2n) is 4.65. The van der Waals surface area contributed by atoms with Gasteiger partial charge in [0.05, 0.1) is 0 Å². The maximum Gasteiger partial charge on any atom is -0.00205 e. The molecule has 17 heavy (non-hydrogen) atoms. The van der Waals surface area contributed by atoms with Crippen LogP contribution in [0.3, 0.4) is 0 Å². The first-order chi connectivity index (χ1) is 8.10. The highest BCUT2D eigenvalue weighted by atomic mass is 14.1. The zero-order chi connectivity index (χ0) is 12.8. The van der Waals surface area contributed by atoms with Crippen LogP contribution in [0, 0.1) is 0 Å². The molecule has 0 bridgehead atoms. The minimum Gasteiger partial charge on any atom is -0.0988 e. The molecule has 0 aliphatic heterocycles. The highest BCUT2D eigenvalue weighted by Crippen LogP contribution is 2.23. The van der Waals surface area contributed by atoms with Crippen LogP contribution in [0.25, 0.3) is 0 Å². The van der Waals surface area contributed by atoms with E-state index in [0.29, 0.717) is 5.92 Å². The molecule has 1 aromatic rings. The van der Waals surface area contributed by atoms with Crippen LogP contribution in [0.1, 0.15) is 37.8 Å². The Morgan fingerprint density at radius 1 is 1.18 bits per heavy atom. The molecule has 0 nitrogen and oxygen atoms in total. The largest absolute Gasteiger partial charge is 0.0988 e. The Kier molecular flexibility index (Phi) is 4.96. The number of hydrogen-bond donors (Lipinski definition) is 0. The van der Waals surface area contributed by atoms with Crippen LogP contribution in [-0.2, 0) is 6.42 Å². The van der Waals surface area contributed by atoms with Crippen LogP contribution in [0.4, 0.5) is 0 Å². The van der Waals surface area contributed by atoms with Gasteiger partial charge in [-0.25, -0.2) is 0 Å². The molecule has 0 heterocycles. The summed E-state index contributed by atoms with van der Waals surface area (Å²) in [5.74, 6) is 0.557. The molecule has 0 amide bonds. The summed E-state index contributed by atoms with van der Waals surface area (Å²) in [6.07, 6.45) is 4.78. The summed E-state index contributed by atoms with van der Waals surface area (Å²) in [5, 5.41) is 0. The van der Waals surface area contributed by atoms with Gasteiger partial charge < -0.3 is 0 Å². The Morgan fingerprint density at radius 3 is 2.35 bits per heavy atom. The van der Waals surface area contributed by atoms with Crippen LogP contribution in [-0.4, -0.2) is 0 Å². The average molecular weight is 226 g/mol. The number of benzene rings is 1. The van der Waals surface area contributed by atoms with E-state index in [0.717, 1.165) is 6.42 Å². The second kappa shape index (κ2) is 6.24. The van der Waals surface area contributed by atoms with Gasteiger partial charge >= 0.3 is 0 Å². The summed E-state index contributed by atoms with van der Waals surface area (Å²) in [6, 6.07) is 8.63. The van der Waals surface area contributed by atoms with Gasteiger partial charge in [-0.2, -0.15) is 0 Å². The van der Waals surface area contributed by atoms with E-state index in [1.54, 1.807) is 0 Å². The lowest BCUT2D eigenvalue weighted by Gasteiger charge is -2.14. The van der Waals surface area contributed by atoms with Gasteiger partial charge in [-0.3, -0.25) is 0 Å². The molecule has 0 heteroatoms. The van der Waals surface area contributed by atoms with Gasteiger partial charge in [0.1, 0.15) is 0 Å². The summed E-state index contributed by atoms with van der Waals surface area (Å²) in [4.78, 5) is 0. The van der Waals surface area contributed by atoms with Crippen molar-refractivity contribution >= 4 is 0 Å². The molecule has 0 N–H and O–H groups in total. The van der Waals surface area contributed by atoms with Crippen LogP contribution in [0.2, 0.25) is 0 Å². The zero-order valence-corrected chi connectivity index (χ0v) is 11.2. The van der Waals surface area contributed by atoms with Gasteiger partial charge in [-0.05, 0) is 41.5 Å². The van der Waals surface area contributed by atoms with Crippen molar-refractivity contribution in [3.8, 4) is 0 Å². The van der Waals surface area contributed by atoms with Crippen molar-refractivity contribution in [2.24, 2.45) is 0 Å². The Hall–Kier alpha value is -1.56. The predicted octanol–water partition coefficient (Wildman–Crippen LogP) is 5.04. The summed E-state index contributed by atoms with van der Waals surface area (Å²) in [7, 11) is 0. The molecule has 0 saturated carbocycles. The van der Waals surface area contributed by atoms with E-state index in [-0.39, 0.29) is 0 Å². The van der Waals surface area contributed by atoms with E-state index >= 15 is 0 Å². The molecule has 90 valence electrons. The van der Waals surface area contributed by atoms with Gasteiger partial charge in [0.25, 0.3) is 0 Å². The van der Waals surface area contributed by atoms with Gasteiger partial charge in [0.15, 0.2) is 0 Å². The third kappa shape index (κ3) is 3.45. The smallest absolute Gasteiger partial charge is 0.00205 e. The third-order valence-electron chi connectivity index (χ3n) is 3.12. The summed E-state index contributed by atoms with van der Waals surface area (Å²) in [5.41, 5.74) is 5.27. The van der Waals surface area contributed by atoms with E-state index in [9.17, 15) is 0 Å². The topological polar surface area (TPSA) is 0 Å². The SMILES string of the molecule is C=C/C(C)=C(\C=C)Cc1ccccc1C(C)C. The fourth-order valence-corrected chi connectivity index (χ4v) is 1.97. The van der Waals surface area contributed by atoms with Gasteiger partial charge in [0.2, 0.25) is 0 Å². The Bertz CT molecular complexity index is 433. The fraction of sp³-hybridized carbons (Fsp3) is 0.294. The molecule has 0 aliphatic carbocycles. The maximum atomic E-state index is 3.90. The normalized spacial score (nSPS) is 12.2. The molecule has 0 radical (unpaired) electrons. The predicted molar refractivity (Wildman–Crippen MR) is 77.3 cm³/mol. The molecule has 0 atom stereocenters. The van der Waals surface area contributed by atoms with Crippen molar-refractivity contribution in [2.45, 2.75) is 33.1 Å². The van der Waals surface area contributed by atoms with Crippen molar-refractivity contribution in [1.29, 1.82) is 0 Å². The van der Waals surface area contributed by atoms with Crippen molar-refractivity contribution in [2.75, 3.05) is 0 Å². The van der Waals surface area contributed by atoms with Gasteiger partial charge in [-0.1, -0.05) is 63.4 Å². The molecule has 0 saturated heterocycles. The van der Waals surface area contributed by atoms with Gasteiger partial charge in [0, 0.05) is 0 Å².